The topological polar surface area (TPSA) is 61.9 Å². The summed E-state index contributed by atoms with van der Waals surface area (Å²) in [5.41, 5.74) is 1.02. The summed E-state index contributed by atoms with van der Waals surface area (Å²) >= 11 is 0. The Balaban J connectivity index is 2.20. The molecule has 0 aromatic carbocycles. The third-order valence-electron chi connectivity index (χ3n) is 4.74. The third kappa shape index (κ3) is 5.39. The number of aromatic nitrogens is 1. The number of aryl methyl sites for hydroxylation is 1. The van der Waals surface area contributed by atoms with Crippen LogP contribution >= 0.6 is 0 Å². The smallest absolute Gasteiger partial charge is 0.320 e. The summed E-state index contributed by atoms with van der Waals surface area (Å²) in [6, 6.07) is 7.41. The summed E-state index contributed by atoms with van der Waals surface area (Å²) in [4.78, 5) is 30.5. The molecule has 2 rings (SSSR count). The molecule has 2 heterocycles. The number of rotatable bonds is 8. The van der Waals surface area contributed by atoms with Crippen LogP contribution in [-0.4, -0.2) is 57.9 Å². The summed E-state index contributed by atoms with van der Waals surface area (Å²) < 4.78 is 7.42. The van der Waals surface area contributed by atoms with Crippen molar-refractivity contribution in [1.29, 1.82) is 0 Å². The van der Waals surface area contributed by atoms with Gasteiger partial charge in [0.05, 0.1) is 19.4 Å². The highest BCUT2D eigenvalue weighted by Crippen LogP contribution is 2.14. The number of carbonyl (C=O) groups is 2. The van der Waals surface area contributed by atoms with Crippen molar-refractivity contribution in [1.82, 2.24) is 19.3 Å². The fourth-order valence-electron chi connectivity index (χ4n) is 2.81. The Labute approximate surface area is 161 Å². The minimum atomic E-state index is -0.158. The van der Waals surface area contributed by atoms with Gasteiger partial charge in [-0.15, -0.1) is 0 Å². The predicted octanol–water partition coefficient (Wildman–Crippen LogP) is 2.93. The van der Waals surface area contributed by atoms with E-state index in [4.69, 9.17) is 4.42 Å². The van der Waals surface area contributed by atoms with Gasteiger partial charge in [0.15, 0.2) is 0 Å². The van der Waals surface area contributed by atoms with Crippen molar-refractivity contribution >= 4 is 11.9 Å². The first-order valence-corrected chi connectivity index (χ1v) is 9.21. The third-order valence-corrected chi connectivity index (χ3v) is 4.74. The summed E-state index contributed by atoms with van der Waals surface area (Å²) in [6.07, 6.45) is 4.33. The second-order valence-corrected chi connectivity index (χ2v) is 7.00. The van der Waals surface area contributed by atoms with Crippen LogP contribution in [0.4, 0.5) is 4.79 Å². The van der Waals surface area contributed by atoms with E-state index in [9.17, 15) is 9.59 Å². The Hall–Kier alpha value is -2.70. The van der Waals surface area contributed by atoms with Crippen LogP contribution in [0.1, 0.15) is 31.7 Å². The Kier molecular flexibility index (Phi) is 7.10. The van der Waals surface area contributed by atoms with Gasteiger partial charge in [-0.05, 0) is 37.6 Å². The normalized spacial score (nSPS) is 11.9. The van der Waals surface area contributed by atoms with Gasteiger partial charge in [0.2, 0.25) is 5.91 Å². The molecular formula is C20H30N4O3. The Morgan fingerprint density at radius 3 is 2.44 bits per heavy atom. The van der Waals surface area contributed by atoms with E-state index in [1.54, 1.807) is 30.2 Å². The van der Waals surface area contributed by atoms with Crippen molar-refractivity contribution in [2.45, 2.75) is 39.4 Å². The molecule has 0 saturated carbocycles. The zero-order valence-corrected chi connectivity index (χ0v) is 16.9. The molecule has 0 spiro atoms. The molecule has 0 aliphatic carbocycles. The van der Waals surface area contributed by atoms with Gasteiger partial charge in [0.1, 0.15) is 12.3 Å². The number of urea groups is 1. The molecule has 148 valence electrons. The van der Waals surface area contributed by atoms with Crippen LogP contribution in [0.3, 0.4) is 0 Å². The summed E-state index contributed by atoms with van der Waals surface area (Å²) in [5, 5.41) is 0. The van der Waals surface area contributed by atoms with Gasteiger partial charge in [-0.2, -0.15) is 0 Å². The first-order chi connectivity index (χ1) is 12.8. The monoisotopic (exact) mass is 374 g/mol. The van der Waals surface area contributed by atoms with Gasteiger partial charge in [-0.1, -0.05) is 6.92 Å². The maximum absolute atomic E-state index is 13.1. The zero-order chi connectivity index (χ0) is 20.0. The molecule has 1 unspecified atom stereocenters. The van der Waals surface area contributed by atoms with Crippen molar-refractivity contribution in [3.8, 4) is 0 Å². The number of carbonyl (C=O) groups excluding carboxylic acids is 2. The molecule has 27 heavy (non-hydrogen) atoms. The van der Waals surface area contributed by atoms with Gasteiger partial charge in [-0.25, -0.2) is 4.79 Å². The van der Waals surface area contributed by atoms with Crippen molar-refractivity contribution in [3.63, 3.8) is 0 Å². The molecule has 0 aliphatic rings. The van der Waals surface area contributed by atoms with Crippen LogP contribution in [0.2, 0.25) is 0 Å². The Morgan fingerprint density at radius 2 is 1.93 bits per heavy atom. The van der Waals surface area contributed by atoms with Crippen LogP contribution in [0, 0.1) is 0 Å². The van der Waals surface area contributed by atoms with E-state index >= 15 is 0 Å². The molecule has 0 saturated heterocycles. The minimum Gasteiger partial charge on any atom is -0.467 e. The maximum atomic E-state index is 13.1. The molecule has 1 atom stereocenters. The lowest BCUT2D eigenvalue weighted by atomic mass is 10.2. The number of furan rings is 1. The lowest BCUT2D eigenvalue weighted by molar-refractivity contribution is -0.134. The van der Waals surface area contributed by atoms with Crippen molar-refractivity contribution in [3.05, 3.63) is 48.2 Å². The minimum absolute atomic E-state index is 0.0238. The van der Waals surface area contributed by atoms with Crippen molar-refractivity contribution < 1.29 is 14.0 Å². The molecule has 3 amide bonds. The Morgan fingerprint density at radius 1 is 1.19 bits per heavy atom. The molecule has 0 N–H and O–H groups in total. The fourth-order valence-corrected chi connectivity index (χ4v) is 2.81. The quantitative estimate of drug-likeness (QED) is 0.714. The Bertz CT molecular complexity index is 736. The molecular weight excluding hydrogens is 344 g/mol. The van der Waals surface area contributed by atoms with Crippen molar-refractivity contribution in [2.75, 3.05) is 20.6 Å². The lowest BCUT2D eigenvalue weighted by Gasteiger charge is -2.32. The van der Waals surface area contributed by atoms with Gasteiger partial charge in [0, 0.05) is 39.1 Å². The van der Waals surface area contributed by atoms with Crippen LogP contribution in [0.5, 0.6) is 0 Å². The highest BCUT2D eigenvalue weighted by molar-refractivity contribution is 5.84. The first-order valence-electron chi connectivity index (χ1n) is 9.21. The highest BCUT2D eigenvalue weighted by atomic mass is 16.3. The number of amides is 3. The average Bonchev–Trinajstić information content (AvgIpc) is 3.29. The van der Waals surface area contributed by atoms with E-state index in [1.807, 2.05) is 55.9 Å². The van der Waals surface area contributed by atoms with E-state index in [-0.39, 0.29) is 24.5 Å². The van der Waals surface area contributed by atoms with E-state index < -0.39 is 0 Å². The van der Waals surface area contributed by atoms with E-state index in [2.05, 4.69) is 0 Å². The van der Waals surface area contributed by atoms with Crippen LogP contribution in [0.15, 0.2) is 41.1 Å². The maximum Gasteiger partial charge on any atom is 0.320 e. The number of hydrogen-bond acceptors (Lipinski definition) is 3. The largest absolute Gasteiger partial charge is 0.467 e. The molecule has 0 bridgehead atoms. The average molecular weight is 374 g/mol. The van der Waals surface area contributed by atoms with E-state index in [0.29, 0.717) is 18.8 Å². The molecule has 0 fully saturated rings. The predicted molar refractivity (Wildman–Crippen MR) is 104 cm³/mol. The van der Waals surface area contributed by atoms with Gasteiger partial charge in [-0.3, -0.25) is 4.79 Å². The standard InChI is InChI=1S/C20H30N4O3/c1-6-16(2)24(20(26)21(3)4)15-19(25)23(14-18-10-8-12-27-18)13-17-9-7-11-22(17)5/h7-12,16H,6,13-15H2,1-5H3. The summed E-state index contributed by atoms with van der Waals surface area (Å²) in [6.45, 7) is 4.82. The molecule has 7 heteroatoms. The second kappa shape index (κ2) is 9.30. The molecule has 0 aliphatic heterocycles. The molecule has 2 aromatic rings. The molecule has 0 radical (unpaired) electrons. The van der Waals surface area contributed by atoms with Crippen LogP contribution in [-0.2, 0) is 24.9 Å². The van der Waals surface area contributed by atoms with E-state index in [1.165, 1.54) is 4.90 Å². The van der Waals surface area contributed by atoms with Gasteiger partial charge < -0.3 is 23.7 Å². The first kappa shape index (κ1) is 20.6. The number of nitrogens with zero attached hydrogens (tertiary/aromatic N) is 4. The number of hydrogen-bond donors (Lipinski definition) is 0. The summed E-state index contributed by atoms with van der Waals surface area (Å²) in [5.74, 6) is 0.606. The lowest BCUT2D eigenvalue weighted by Crippen LogP contribution is -2.49. The second-order valence-electron chi connectivity index (χ2n) is 7.00. The molecule has 2 aromatic heterocycles. The highest BCUT2D eigenvalue weighted by Gasteiger charge is 2.26. The SMILES string of the molecule is CCC(C)N(CC(=O)N(Cc1ccco1)Cc1cccn1C)C(=O)N(C)C. The zero-order valence-electron chi connectivity index (χ0n) is 16.9. The van der Waals surface area contributed by atoms with Crippen LogP contribution < -0.4 is 0 Å². The van der Waals surface area contributed by atoms with Crippen molar-refractivity contribution in [2.24, 2.45) is 7.05 Å². The van der Waals surface area contributed by atoms with Gasteiger partial charge >= 0.3 is 6.03 Å². The van der Waals surface area contributed by atoms with E-state index in [0.717, 1.165) is 12.1 Å². The van der Waals surface area contributed by atoms with Crippen LogP contribution in [0.25, 0.3) is 0 Å². The summed E-state index contributed by atoms with van der Waals surface area (Å²) in [7, 11) is 5.35. The fraction of sp³-hybridized carbons (Fsp3) is 0.500. The molecule has 7 nitrogen and oxygen atoms in total. The van der Waals surface area contributed by atoms with Gasteiger partial charge in [0.25, 0.3) is 0 Å².